The number of amides is 2. The van der Waals surface area contributed by atoms with E-state index in [0.717, 1.165) is 0 Å². The second kappa shape index (κ2) is 8.54. The van der Waals surface area contributed by atoms with E-state index in [-0.39, 0.29) is 18.2 Å². The summed E-state index contributed by atoms with van der Waals surface area (Å²) in [5, 5.41) is 2.72. The van der Waals surface area contributed by atoms with Crippen LogP contribution < -0.4 is 19.7 Å². The van der Waals surface area contributed by atoms with Crippen molar-refractivity contribution >= 4 is 28.5 Å². The van der Waals surface area contributed by atoms with Crippen LogP contribution in [0, 0.1) is 0 Å². The Kier molecular flexibility index (Phi) is 5.27. The van der Waals surface area contributed by atoms with E-state index in [4.69, 9.17) is 9.47 Å². The van der Waals surface area contributed by atoms with Crippen LogP contribution in [-0.4, -0.2) is 46.5 Å². The van der Waals surface area contributed by atoms with Crippen LogP contribution >= 0.6 is 0 Å². The van der Waals surface area contributed by atoms with Crippen LogP contribution in [0.5, 0.6) is 17.2 Å². The summed E-state index contributed by atoms with van der Waals surface area (Å²) in [7, 11) is 1.63. The van der Waals surface area contributed by atoms with Gasteiger partial charge in [-0.3, -0.25) is 24.5 Å². The first kappa shape index (κ1) is 20.4. The zero-order valence-corrected chi connectivity index (χ0v) is 17.6. The molecule has 0 saturated heterocycles. The van der Waals surface area contributed by atoms with Crippen LogP contribution in [0.1, 0.15) is 10.5 Å². The molecule has 33 heavy (non-hydrogen) atoms. The third kappa shape index (κ3) is 4.16. The van der Waals surface area contributed by atoms with Gasteiger partial charge in [-0.05, 0) is 24.3 Å². The van der Waals surface area contributed by atoms with Crippen molar-refractivity contribution in [2.45, 2.75) is 6.04 Å². The zero-order valence-electron chi connectivity index (χ0n) is 17.6. The fourth-order valence-corrected chi connectivity index (χ4v) is 3.51. The van der Waals surface area contributed by atoms with Crippen molar-refractivity contribution in [2.75, 3.05) is 18.6 Å². The number of carbonyl (C=O) groups is 2. The molecule has 0 fully saturated rings. The lowest BCUT2D eigenvalue weighted by Gasteiger charge is -2.20. The van der Waals surface area contributed by atoms with Gasteiger partial charge >= 0.3 is 0 Å². The van der Waals surface area contributed by atoms with Crippen LogP contribution in [0.15, 0.2) is 73.2 Å². The predicted octanol–water partition coefficient (Wildman–Crippen LogP) is 2.97. The second-order valence-electron chi connectivity index (χ2n) is 7.39. The van der Waals surface area contributed by atoms with E-state index < -0.39 is 11.9 Å². The third-order valence-electron chi connectivity index (χ3n) is 5.19. The Labute approximate surface area is 189 Å². The Morgan fingerprint density at radius 3 is 2.55 bits per heavy atom. The van der Waals surface area contributed by atoms with Crippen molar-refractivity contribution in [2.24, 2.45) is 0 Å². The third-order valence-corrected chi connectivity index (χ3v) is 5.19. The predicted molar refractivity (Wildman–Crippen MR) is 120 cm³/mol. The molecule has 0 bridgehead atoms. The molecule has 3 heterocycles. The van der Waals surface area contributed by atoms with E-state index in [1.165, 1.54) is 17.2 Å². The molecular formula is C24H19N5O4. The standard InChI is InChI=1S/C24H19N5O4/c1-29-21-12-17-18(27-10-9-26-17)13-22(21)32-14-20(24(29)31)28-23(30)19-11-16(7-8-25-19)33-15-5-3-2-4-6-15/h2-13,20H,14H2,1H3,(H,28,30)/t20-/m0/s1. The van der Waals surface area contributed by atoms with E-state index in [9.17, 15) is 9.59 Å². The van der Waals surface area contributed by atoms with Crippen molar-refractivity contribution in [1.82, 2.24) is 20.3 Å². The normalized spacial score (nSPS) is 15.4. The number of hydrogen-bond acceptors (Lipinski definition) is 7. The molecule has 0 aliphatic carbocycles. The van der Waals surface area contributed by atoms with Gasteiger partial charge < -0.3 is 19.7 Å². The largest absolute Gasteiger partial charge is 0.489 e. The Hall–Kier alpha value is -4.53. The lowest BCUT2D eigenvalue weighted by molar-refractivity contribution is -0.120. The number of likely N-dealkylation sites (N-methyl/N-ethyl adjacent to an activating group) is 1. The molecule has 1 N–H and O–H groups in total. The number of rotatable bonds is 4. The molecule has 0 spiro atoms. The first-order valence-corrected chi connectivity index (χ1v) is 10.2. The van der Waals surface area contributed by atoms with E-state index in [0.29, 0.717) is 34.0 Å². The molecule has 4 aromatic rings. The first-order valence-electron chi connectivity index (χ1n) is 10.2. The molecule has 164 valence electrons. The van der Waals surface area contributed by atoms with Gasteiger partial charge in [0.1, 0.15) is 35.6 Å². The number of ether oxygens (including phenoxy) is 2. The highest BCUT2D eigenvalue weighted by molar-refractivity contribution is 6.04. The van der Waals surface area contributed by atoms with Gasteiger partial charge in [0.15, 0.2) is 0 Å². The van der Waals surface area contributed by atoms with Crippen LogP contribution in [0.25, 0.3) is 11.0 Å². The van der Waals surface area contributed by atoms with Crippen molar-refractivity contribution in [3.63, 3.8) is 0 Å². The molecule has 1 aliphatic heterocycles. The highest BCUT2D eigenvalue weighted by Crippen LogP contribution is 2.33. The molecule has 2 aromatic carbocycles. The SMILES string of the molecule is CN1C(=O)[C@@H](NC(=O)c2cc(Oc3ccccc3)ccn2)COc2cc3nccnc3cc21. The molecule has 9 heteroatoms. The van der Waals surface area contributed by atoms with Gasteiger partial charge in [0.25, 0.3) is 11.8 Å². The fourth-order valence-electron chi connectivity index (χ4n) is 3.51. The highest BCUT2D eigenvalue weighted by Gasteiger charge is 2.31. The average Bonchev–Trinajstić information content (AvgIpc) is 2.95. The summed E-state index contributed by atoms with van der Waals surface area (Å²) >= 11 is 0. The molecule has 5 rings (SSSR count). The number of nitrogens with one attached hydrogen (secondary N) is 1. The maximum Gasteiger partial charge on any atom is 0.270 e. The minimum atomic E-state index is -0.903. The minimum absolute atomic E-state index is 0.0338. The molecule has 0 saturated carbocycles. The van der Waals surface area contributed by atoms with E-state index in [1.54, 1.807) is 37.6 Å². The summed E-state index contributed by atoms with van der Waals surface area (Å²) < 4.78 is 11.6. The second-order valence-corrected chi connectivity index (χ2v) is 7.39. The van der Waals surface area contributed by atoms with Gasteiger partial charge in [-0.2, -0.15) is 0 Å². The molecule has 2 amide bonds. The Balaban J connectivity index is 1.34. The summed E-state index contributed by atoms with van der Waals surface area (Å²) in [6.45, 7) is -0.0338. The number of pyridine rings is 1. The summed E-state index contributed by atoms with van der Waals surface area (Å²) in [4.78, 5) is 40.1. The van der Waals surface area contributed by atoms with E-state index in [1.807, 2.05) is 30.3 Å². The van der Waals surface area contributed by atoms with Gasteiger partial charge in [-0.1, -0.05) is 18.2 Å². The van der Waals surface area contributed by atoms with Crippen LogP contribution in [0.3, 0.4) is 0 Å². The Morgan fingerprint density at radius 2 is 1.76 bits per heavy atom. The van der Waals surface area contributed by atoms with Crippen molar-refractivity contribution in [3.05, 3.63) is 78.9 Å². The van der Waals surface area contributed by atoms with Crippen molar-refractivity contribution < 1.29 is 19.1 Å². The van der Waals surface area contributed by atoms with Crippen molar-refractivity contribution in [1.29, 1.82) is 0 Å². The summed E-state index contributed by atoms with van der Waals surface area (Å²) in [6, 6.07) is 15.0. The number of hydrogen-bond donors (Lipinski definition) is 1. The van der Waals surface area contributed by atoms with E-state index >= 15 is 0 Å². The van der Waals surface area contributed by atoms with Gasteiger partial charge in [-0.25, -0.2) is 0 Å². The average molecular weight is 441 g/mol. The van der Waals surface area contributed by atoms with Gasteiger partial charge in [0, 0.05) is 37.8 Å². The van der Waals surface area contributed by atoms with Crippen LogP contribution in [0.4, 0.5) is 5.69 Å². The minimum Gasteiger partial charge on any atom is -0.489 e. The smallest absolute Gasteiger partial charge is 0.270 e. The summed E-state index contributed by atoms with van der Waals surface area (Å²) in [5.41, 5.74) is 1.97. The molecule has 1 atom stereocenters. The Morgan fingerprint density at radius 1 is 1.00 bits per heavy atom. The summed E-state index contributed by atoms with van der Waals surface area (Å²) in [6.07, 6.45) is 4.65. The quantitative estimate of drug-likeness (QED) is 0.519. The number of carbonyl (C=O) groups excluding carboxylic acids is 2. The molecule has 2 aromatic heterocycles. The number of benzene rings is 2. The number of para-hydroxylation sites is 1. The molecule has 0 radical (unpaired) electrons. The maximum atomic E-state index is 13.1. The Bertz CT molecular complexity index is 1350. The van der Waals surface area contributed by atoms with Gasteiger partial charge in [-0.15, -0.1) is 0 Å². The lowest BCUT2D eigenvalue weighted by Crippen LogP contribution is -2.49. The monoisotopic (exact) mass is 441 g/mol. The number of fused-ring (bicyclic) bond motifs is 2. The number of anilines is 1. The van der Waals surface area contributed by atoms with Crippen molar-refractivity contribution in [3.8, 4) is 17.2 Å². The number of nitrogens with zero attached hydrogens (tertiary/aromatic N) is 4. The lowest BCUT2D eigenvalue weighted by atomic mass is 10.2. The van der Waals surface area contributed by atoms with E-state index in [2.05, 4.69) is 20.3 Å². The summed E-state index contributed by atoms with van der Waals surface area (Å²) in [5.74, 6) is 0.761. The topological polar surface area (TPSA) is 107 Å². The fraction of sp³-hybridized carbons (Fsp3) is 0.125. The van der Waals surface area contributed by atoms with Gasteiger partial charge in [0.05, 0.1) is 16.7 Å². The number of aromatic nitrogens is 3. The highest BCUT2D eigenvalue weighted by atomic mass is 16.5. The molecule has 9 nitrogen and oxygen atoms in total. The maximum absolute atomic E-state index is 13.1. The first-order chi connectivity index (χ1) is 16.1. The molecule has 0 unspecified atom stereocenters. The molecular weight excluding hydrogens is 422 g/mol. The van der Waals surface area contributed by atoms with Crippen LogP contribution in [0.2, 0.25) is 0 Å². The molecule has 1 aliphatic rings. The zero-order chi connectivity index (χ0) is 22.8. The van der Waals surface area contributed by atoms with Crippen LogP contribution in [-0.2, 0) is 4.79 Å². The van der Waals surface area contributed by atoms with Gasteiger partial charge in [0.2, 0.25) is 0 Å².